The third-order valence-corrected chi connectivity index (χ3v) is 3.77. The first-order valence-electron chi connectivity index (χ1n) is 6.37. The van der Waals surface area contributed by atoms with Gasteiger partial charge in [0.05, 0.1) is 0 Å². The number of hydrogen-bond donors (Lipinski definition) is 1. The van der Waals surface area contributed by atoms with E-state index >= 15 is 0 Å². The van der Waals surface area contributed by atoms with E-state index in [-0.39, 0.29) is 0 Å². The van der Waals surface area contributed by atoms with Crippen LogP contribution in [-0.4, -0.2) is 50.3 Å². The minimum absolute atomic E-state index is 0.696. The molecule has 2 aliphatic rings. The second-order valence-corrected chi connectivity index (χ2v) is 4.93. The Morgan fingerprint density at radius 3 is 2.93 bits per heavy atom. The molecule has 2 fully saturated rings. The fourth-order valence-electron chi connectivity index (χ4n) is 2.65. The van der Waals surface area contributed by atoms with Crippen molar-refractivity contribution < 1.29 is 4.74 Å². The van der Waals surface area contributed by atoms with Crippen LogP contribution in [0.3, 0.4) is 0 Å². The zero-order valence-corrected chi connectivity index (χ0v) is 9.87. The van der Waals surface area contributed by atoms with Gasteiger partial charge >= 0.3 is 0 Å². The number of hydrogen-bond acceptors (Lipinski definition) is 3. The highest BCUT2D eigenvalue weighted by Gasteiger charge is 2.21. The molecule has 0 aromatic rings. The smallest absolute Gasteiger partial charge is 0.0480 e. The molecule has 0 aromatic heterocycles. The van der Waals surface area contributed by atoms with Gasteiger partial charge in [-0.3, -0.25) is 0 Å². The summed E-state index contributed by atoms with van der Waals surface area (Å²) in [6.45, 7) is 4.35. The highest BCUT2D eigenvalue weighted by molar-refractivity contribution is 4.80. The molecule has 0 aliphatic carbocycles. The van der Waals surface area contributed by atoms with Crippen LogP contribution in [0.25, 0.3) is 0 Å². The van der Waals surface area contributed by atoms with E-state index in [1.165, 1.54) is 45.2 Å². The molecule has 0 bridgehead atoms. The van der Waals surface area contributed by atoms with E-state index in [1.54, 1.807) is 0 Å². The molecule has 0 radical (unpaired) electrons. The second kappa shape index (κ2) is 5.83. The molecule has 15 heavy (non-hydrogen) atoms. The van der Waals surface area contributed by atoms with E-state index in [4.69, 9.17) is 4.74 Å². The molecule has 0 spiro atoms. The third-order valence-electron chi connectivity index (χ3n) is 3.77. The highest BCUT2D eigenvalue weighted by Crippen LogP contribution is 2.15. The van der Waals surface area contributed by atoms with Gasteiger partial charge in [0.2, 0.25) is 0 Å². The van der Waals surface area contributed by atoms with Crippen molar-refractivity contribution in [1.82, 2.24) is 10.2 Å². The number of likely N-dealkylation sites (N-methyl/N-ethyl adjacent to an activating group) is 1. The predicted octanol–water partition coefficient (Wildman–Crippen LogP) is 1.24. The van der Waals surface area contributed by atoms with Crippen molar-refractivity contribution in [1.29, 1.82) is 0 Å². The zero-order valence-electron chi connectivity index (χ0n) is 9.87. The Morgan fingerprint density at radius 2 is 2.13 bits per heavy atom. The largest absolute Gasteiger partial charge is 0.381 e. The SMILES string of the molecule is CN1CCCC1CNC1CCCOCC1. The first-order chi connectivity index (χ1) is 7.36. The Kier molecular flexibility index (Phi) is 4.42. The molecule has 2 rings (SSSR count). The fourth-order valence-corrected chi connectivity index (χ4v) is 2.65. The molecule has 2 heterocycles. The summed E-state index contributed by atoms with van der Waals surface area (Å²) in [4.78, 5) is 2.49. The summed E-state index contributed by atoms with van der Waals surface area (Å²) in [5.74, 6) is 0. The van der Waals surface area contributed by atoms with Gasteiger partial charge in [-0.15, -0.1) is 0 Å². The quantitative estimate of drug-likeness (QED) is 0.762. The minimum atomic E-state index is 0.696. The van der Waals surface area contributed by atoms with Crippen LogP contribution in [0, 0.1) is 0 Å². The van der Waals surface area contributed by atoms with Crippen LogP contribution < -0.4 is 5.32 Å². The first kappa shape index (κ1) is 11.4. The van der Waals surface area contributed by atoms with Gasteiger partial charge in [-0.2, -0.15) is 0 Å². The lowest BCUT2D eigenvalue weighted by molar-refractivity contribution is 0.142. The van der Waals surface area contributed by atoms with Gasteiger partial charge in [0.1, 0.15) is 0 Å². The van der Waals surface area contributed by atoms with Crippen molar-refractivity contribution in [3.05, 3.63) is 0 Å². The Hall–Kier alpha value is -0.120. The van der Waals surface area contributed by atoms with Gasteiger partial charge in [0, 0.05) is 31.8 Å². The van der Waals surface area contributed by atoms with Crippen molar-refractivity contribution in [2.45, 2.75) is 44.2 Å². The summed E-state index contributed by atoms with van der Waals surface area (Å²) in [7, 11) is 2.25. The van der Waals surface area contributed by atoms with E-state index in [1.807, 2.05) is 0 Å². The monoisotopic (exact) mass is 212 g/mol. The molecular formula is C12H24N2O. The van der Waals surface area contributed by atoms with Crippen LogP contribution in [0.15, 0.2) is 0 Å². The molecule has 2 aliphatic heterocycles. The second-order valence-electron chi connectivity index (χ2n) is 4.93. The van der Waals surface area contributed by atoms with Crippen LogP contribution in [0.1, 0.15) is 32.1 Å². The van der Waals surface area contributed by atoms with Gasteiger partial charge in [0.15, 0.2) is 0 Å². The van der Waals surface area contributed by atoms with Gasteiger partial charge in [-0.05, 0) is 45.7 Å². The van der Waals surface area contributed by atoms with Crippen molar-refractivity contribution in [2.24, 2.45) is 0 Å². The van der Waals surface area contributed by atoms with Crippen molar-refractivity contribution >= 4 is 0 Å². The van der Waals surface area contributed by atoms with Crippen LogP contribution in [0.4, 0.5) is 0 Å². The molecule has 3 nitrogen and oxygen atoms in total. The lowest BCUT2D eigenvalue weighted by Gasteiger charge is -2.23. The van der Waals surface area contributed by atoms with Crippen LogP contribution >= 0.6 is 0 Å². The molecule has 2 unspecified atom stereocenters. The van der Waals surface area contributed by atoms with Crippen LogP contribution in [0.5, 0.6) is 0 Å². The lowest BCUT2D eigenvalue weighted by atomic mass is 10.1. The molecule has 0 amide bonds. The van der Waals surface area contributed by atoms with Crippen LogP contribution in [-0.2, 0) is 4.74 Å². The molecule has 3 heteroatoms. The topological polar surface area (TPSA) is 24.5 Å². The molecule has 2 saturated heterocycles. The third kappa shape index (κ3) is 3.44. The number of nitrogens with one attached hydrogen (secondary N) is 1. The van der Waals surface area contributed by atoms with Crippen molar-refractivity contribution in [3.8, 4) is 0 Å². The van der Waals surface area contributed by atoms with Gasteiger partial charge in [0.25, 0.3) is 0 Å². The minimum Gasteiger partial charge on any atom is -0.381 e. The number of likely N-dealkylation sites (tertiary alicyclic amines) is 1. The average Bonchev–Trinajstić information content (AvgIpc) is 2.53. The van der Waals surface area contributed by atoms with E-state index in [0.717, 1.165) is 19.3 Å². The average molecular weight is 212 g/mol. The summed E-state index contributed by atoms with van der Waals surface area (Å²) in [6.07, 6.45) is 6.44. The Morgan fingerprint density at radius 1 is 1.20 bits per heavy atom. The zero-order chi connectivity index (χ0) is 10.5. The Labute approximate surface area is 93.2 Å². The summed E-state index contributed by atoms with van der Waals surface area (Å²) in [6, 6.07) is 1.47. The molecular weight excluding hydrogens is 188 g/mol. The standard InChI is InChI=1S/C12H24N2O/c1-14-7-2-5-12(14)10-13-11-4-3-8-15-9-6-11/h11-13H,2-10H2,1H3. The molecule has 0 aromatic carbocycles. The highest BCUT2D eigenvalue weighted by atomic mass is 16.5. The molecule has 0 saturated carbocycles. The summed E-state index contributed by atoms with van der Waals surface area (Å²) < 4.78 is 5.47. The number of ether oxygens (including phenoxy) is 1. The van der Waals surface area contributed by atoms with E-state index in [0.29, 0.717) is 6.04 Å². The lowest BCUT2D eigenvalue weighted by Crippen LogP contribution is -2.40. The van der Waals surface area contributed by atoms with Crippen molar-refractivity contribution in [2.75, 3.05) is 33.4 Å². The van der Waals surface area contributed by atoms with Crippen LogP contribution in [0.2, 0.25) is 0 Å². The maximum Gasteiger partial charge on any atom is 0.0480 e. The Bertz CT molecular complexity index is 178. The Balaban J connectivity index is 1.67. The molecule has 1 N–H and O–H groups in total. The number of nitrogens with zero attached hydrogens (tertiary/aromatic N) is 1. The molecule has 2 atom stereocenters. The van der Waals surface area contributed by atoms with E-state index in [9.17, 15) is 0 Å². The van der Waals surface area contributed by atoms with Gasteiger partial charge in [-0.25, -0.2) is 0 Å². The van der Waals surface area contributed by atoms with Gasteiger partial charge < -0.3 is 15.0 Å². The summed E-state index contributed by atoms with van der Waals surface area (Å²) in [5.41, 5.74) is 0. The fraction of sp³-hybridized carbons (Fsp3) is 1.00. The van der Waals surface area contributed by atoms with Crippen molar-refractivity contribution in [3.63, 3.8) is 0 Å². The van der Waals surface area contributed by atoms with E-state index < -0.39 is 0 Å². The maximum atomic E-state index is 5.47. The predicted molar refractivity (Wildman–Crippen MR) is 62.1 cm³/mol. The van der Waals surface area contributed by atoms with Gasteiger partial charge in [-0.1, -0.05) is 0 Å². The summed E-state index contributed by atoms with van der Waals surface area (Å²) in [5, 5.41) is 3.71. The first-order valence-corrected chi connectivity index (χ1v) is 6.37. The maximum absolute atomic E-state index is 5.47. The summed E-state index contributed by atoms with van der Waals surface area (Å²) >= 11 is 0. The number of rotatable bonds is 3. The molecule has 88 valence electrons. The van der Waals surface area contributed by atoms with E-state index in [2.05, 4.69) is 17.3 Å². The normalized spacial score (nSPS) is 34.2.